The van der Waals surface area contributed by atoms with Crippen molar-refractivity contribution in [1.29, 1.82) is 0 Å². The Bertz CT molecular complexity index is 843. The first-order valence-electron chi connectivity index (χ1n) is 11.1. The normalized spacial score (nSPS) is 21.2. The molecule has 1 saturated heterocycles. The number of carbonyl (C=O) groups is 1. The van der Waals surface area contributed by atoms with Crippen molar-refractivity contribution in [3.05, 3.63) is 23.8 Å². The summed E-state index contributed by atoms with van der Waals surface area (Å²) in [4.78, 5) is 17.2. The van der Waals surface area contributed by atoms with Crippen LogP contribution in [0.25, 0.3) is 0 Å². The smallest absolute Gasteiger partial charge is 0.240 e. The molecule has 0 unspecified atom stereocenters. The number of rotatable bonds is 7. The molecule has 0 bridgehead atoms. The minimum Gasteiger partial charge on any atom is -0.312 e. The third-order valence-electron chi connectivity index (χ3n) is 6.80. The van der Waals surface area contributed by atoms with Crippen LogP contribution in [-0.4, -0.2) is 51.9 Å². The molecule has 4 rings (SSSR count). The Morgan fingerprint density at radius 1 is 1.14 bits per heavy atom. The van der Waals surface area contributed by atoms with Gasteiger partial charge in [-0.05, 0) is 87.8 Å². The fourth-order valence-corrected chi connectivity index (χ4v) is 5.65. The van der Waals surface area contributed by atoms with E-state index in [1.165, 1.54) is 12.8 Å². The highest BCUT2D eigenvalue weighted by atomic mass is 32.2. The van der Waals surface area contributed by atoms with Crippen LogP contribution in [0.1, 0.15) is 51.0 Å². The molecule has 1 aromatic rings. The second kappa shape index (κ2) is 8.74. The average Bonchev–Trinajstić information content (AvgIpc) is 3.08. The van der Waals surface area contributed by atoms with Crippen molar-refractivity contribution < 1.29 is 13.2 Å². The van der Waals surface area contributed by atoms with Crippen molar-refractivity contribution in [3.8, 4) is 0 Å². The molecule has 0 atom stereocenters. The van der Waals surface area contributed by atoms with Gasteiger partial charge in [0.05, 0.1) is 4.90 Å². The third kappa shape index (κ3) is 4.67. The highest BCUT2D eigenvalue weighted by Crippen LogP contribution is 2.35. The lowest BCUT2D eigenvalue weighted by molar-refractivity contribution is -0.124. The van der Waals surface area contributed by atoms with E-state index in [4.69, 9.17) is 0 Å². The largest absolute Gasteiger partial charge is 0.312 e. The van der Waals surface area contributed by atoms with Crippen LogP contribution in [0.15, 0.2) is 23.1 Å². The zero-order valence-corrected chi connectivity index (χ0v) is 18.2. The van der Waals surface area contributed by atoms with E-state index in [2.05, 4.69) is 16.5 Å². The maximum Gasteiger partial charge on any atom is 0.240 e. The second-order valence-electron chi connectivity index (χ2n) is 8.93. The first kappa shape index (κ1) is 20.8. The van der Waals surface area contributed by atoms with Crippen LogP contribution in [0.4, 0.5) is 5.69 Å². The van der Waals surface area contributed by atoms with Gasteiger partial charge in [0.1, 0.15) is 0 Å². The molecule has 2 heterocycles. The lowest BCUT2D eigenvalue weighted by atomic mass is 9.84. The number of nitrogens with one attached hydrogen (secondary N) is 1. The van der Waals surface area contributed by atoms with Gasteiger partial charge in [0, 0.05) is 24.7 Å². The molecule has 2 fully saturated rings. The second-order valence-corrected chi connectivity index (χ2v) is 10.7. The summed E-state index contributed by atoms with van der Waals surface area (Å²) in [6, 6.07) is 5.19. The van der Waals surface area contributed by atoms with Gasteiger partial charge < -0.3 is 9.80 Å². The average molecular weight is 420 g/mol. The van der Waals surface area contributed by atoms with Crippen LogP contribution in [0.2, 0.25) is 0 Å². The highest BCUT2D eigenvalue weighted by Gasteiger charge is 2.33. The van der Waals surface area contributed by atoms with Gasteiger partial charge in [0.15, 0.2) is 0 Å². The van der Waals surface area contributed by atoms with Crippen LogP contribution in [0, 0.1) is 11.8 Å². The molecule has 1 N–H and O–H groups in total. The molecule has 1 saturated carbocycles. The number of sulfonamides is 1. The van der Waals surface area contributed by atoms with Crippen molar-refractivity contribution >= 4 is 21.6 Å². The van der Waals surface area contributed by atoms with Gasteiger partial charge >= 0.3 is 0 Å². The quantitative estimate of drug-likeness (QED) is 0.690. The summed E-state index contributed by atoms with van der Waals surface area (Å²) in [7, 11) is -3.51. The van der Waals surface area contributed by atoms with Crippen LogP contribution >= 0.6 is 0 Å². The van der Waals surface area contributed by atoms with Crippen molar-refractivity contribution in [2.45, 2.75) is 56.8 Å². The Labute approximate surface area is 174 Å². The van der Waals surface area contributed by atoms with Gasteiger partial charge in [-0.1, -0.05) is 13.3 Å². The number of nitrogens with zero attached hydrogens (tertiary/aromatic N) is 2. The SMILES string of the molecule is CC1CCN(CCCNS(=O)(=O)c2ccc3c(c2)CCN3C(=O)C2CCC2)CC1. The monoisotopic (exact) mass is 419 g/mol. The van der Waals surface area contributed by atoms with Gasteiger partial charge in [0.25, 0.3) is 0 Å². The summed E-state index contributed by atoms with van der Waals surface area (Å²) in [6.45, 7) is 6.60. The molecule has 0 radical (unpaired) electrons. The number of hydrogen-bond donors (Lipinski definition) is 1. The standard InChI is InChI=1S/C22H33N3O3S/c1-17-8-13-24(14-9-17)12-3-11-23-29(27,28)20-6-7-21-19(16-20)10-15-25(21)22(26)18-4-2-5-18/h6-7,16-18,23H,2-5,8-15H2,1H3. The first-order valence-corrected chi connectivity index (χ1v) is 12.6. The fourth-order valence-electron chi connectivity index (χ4n) is 4.53. The van der Waals surface area contributed by atoms with Gasteiger partial charge in [-0.25, -0.2) is 13.1 Å². The molecule has 0 aromatic heterocycles. The molecule has 160 valence electrons. The number of carbonyl (C=O) groups excluding carboxylic acids is 1. The summed E-state index contributed by atoms with van der Waals surface area (Å²) in [5.74, 6) is 1.18. The molecule has 7 heteroatoms. The van der Waals surface area contributed by atoms with E-state index in [0.717, 1.165) is 68.9 Å². The van der Waals surface area contributed by atoms with E-state index in [0.29, 0.717) is 18.0 Å². The Hall–Kier alpha value is -1.44. The van der Waals surface area contributed by atoms with E-state index in [1.807, 2.05) is 11.0 Å². The Morgan fingerprint density at radius 2 is 1.90 bits per heavy atom. The minimum absolute atomic E-state index is 0.161. The zero-order chi connectivity index (χ0) is 20.4. The van der Waals surface area contributed by atoms with Crippen molar-refractivity contribution in [2.75, 3.05) is 37.6 Å². The molecule has 2 aliphatic heterocycles. The van der Waals surface area contributed by atoms with E-state index in [9.17, 15) is 13.2 Å². The number of fused-ring (bicyclic) bond motifs is 1. The Kier molecular flexibility index (Phi) is 6.27. The molecule has 1 aliphatic carbocycles. The number of piperidine rings is 1. The predicted molar refractivity (Wildman–Crippen MR) is 114 cm³/mol. The first-order chi connectivity index (χ1) is 13.9. The summed E-state index contributed by atoms with van der Waals surface area (Å²) >= 11 is 0. The van der Waals surface area contributed by atoms with Crippen LogP contribution in [0.5, 0.6) is 0 Å². The molecule has 0 spiro atoms. The van der Waals surface area contributed by atoms with Crippen molar-refractivity contribution in [1.82, 2.24) is 9.62 Å². The summed E-state index contributed by atoms with van der Waals surface area (Å²) in [5, 5.41) is 0. The van der Waals surface area contributed by atoms with E-state index in [1.54, 1.807) is 12.1 Å². The van der Waals surface area contributed by atoms with Gasteiger partial charge in [-0.2, -0.15) is 0 Å². The summed E-state index contributed by atoms with van der Waals surface area (Å²) in [6.07, 6.45) is 7.13. The maximum absolute atomic E-state index is 12.7. The van der Waals surface area contributed by atoms with Crippen LogP contribution in [0.3, 0.4) is 0 Å². The molecule has 29 heavy (non-hydrogen) atoms. The van der Waals surface area contributed by atoms with E-state index in [-0.39, 0.29) is 11.8 Å². The molecule has 1 aromatic carbocycles. The number of likely N-dealkylation sites (tertiary alicyclic amines) is 1. The molecule has 1 amide bonds. The van der Waals surface area contributed by atoms with E-state index < -0.39 is 10.0 Å². The molecule has 3 aliphatic rings. The summed E-state index contributed by atoms with van der Waals surface area (Å²) < 4.78 is 28.2. The molecular weight excluding hydrogens is 386 g/mol. The minimum atomic E-state index is -3.51. The van der Waals surface area contributed by atoms with Gasteiger partial charge in [-0.3, -0.25) is 4.79 Å². The number of amides is 1. The summed E-state index contributed by atoms with van der Waals surface area (Å²) in [5.41, 5.74) is 1.85. The van der Waals surface area contributed by atoms with Crippen molar-refractivity contribution in [2.24, 2.45) is 11.8 Å². The topological polar surface area (TPSA) is 69.7 Å². The lowest BCUT2D eigenvalue weighted by Crippen LogP contribution is -2.37. The lowest BCUT2D eigenvalue weighted by Gasteiger charge is -2.30. The Balaban J connectivity index is 1.31. The van der Waals surface area contributed by atoms with Crippen LogP contribution < -0.4 is 9.62 Å². The van der Waals surface area contributed by atoms with Gasteiger partial charge in [-0.15, -0.1) is 0 Å². The van der Waals surface area contributed by atoms with Crippen molar-refractivity contribution in [3.63, 3.8) is 0 Å². The molecular formula is C22H33N3O3S. The highest BCUT2D eigenvalue weighted by molar-refractivity contribution is 7.89. The van der Waals surface area contributed by atoms with Crippen LogP contribution in [-0.2, 0) is 21.2 Å². The maximum atomic E-state index is 12.7. The number of anilines is 1. The van der Waals surface area contributed by atoms with E-state index >= 15 is 0 Å². The fraction of sp³-hybridized carbons (Fsp3) is 0.682. The third-order valence-corrected chi connectivity index (χ3v) is 8.26. The van der Waals surface area contributed by atoms with Gasteiger partial charge in [0.2, 0.25) is 15.9 Å². The molecule has 6 nitrogen and oxygen atoms in total. The zero-order valence-electron chi connectivity index (χ0n) is 17.4. The predicted octanol–water partition coefficient (Wildman–Crippen LogP) is 2.78. The number of hydrogen-bond acceptors (Lipinski definition) is 4. The Morgan fingerprint density at radius 3 is 2.59 bits per heavy atom. The number of benzene rings is 1.